The number of hydrogen-bond acceptors (Lipinski definition) is 14. The summed E-state index contributed by atoms with van der Waals surface area (Å²) in [5.74, 6) is -5.80. The molecule has 2 aromatic rings. The van der Waals surface area contributed by atoms with Crippen LogP contribution in [-0.2, 0) is 25.1 Å². The van der Waals surface area contributed by atoms with Gasteiger partial charge in [0.25, 0.3) is 5.88 Å². The second kappa shape index (κ2) is 17.1. The lowest BCUT2D eigenvalue weighted by Gasteiger charge is -2.55. The summed E-state index contributed by atoms with van der Waals surface area (Å²) in [5, 5.41) is 16.3. The number of carbonyl (C=O) groups excluding carboxylic acids is 4. The monoisotopic (exact) mass is 872 g/mol. The molecule has 2 heterocycles. The summed E-state index contributed by atoms with van der Waals surface area (Å²) < 4.78 is 53.4. The number of halogens is 1. The molecule has 0 bridgehead atoms. The molecule has 61 heavy (non-hydrogen) atoms. The molecule has 15 nitrogen and oxygen atoms in total. The number of hydrogen-bond donors (Lipinski definition) is 1. The van der Waals surface area contributed by atoms with E-state index in [4.69, 9.17) is 27.9 Å². The topological polar surface area (TPSA) is 180 Å². The van der Waals surface area contributed by atoms with Gasteiger partial charge in [-0.1, -0.05) is 47.5 Å². The zero-order valence-corrected chi connectivity index (χ0v) is 39.6. The molecule has 1 fully saturated rings. The van der Waals surface area contributed by atoms with Gasteiger partial charge >= 0.3 is 12.2 Å². The van der Waals surface area contributed by atoms with E-state index in [-0.39, 0.29) is 65.7 Å². The molecule has 2 amide bonds. The molecule has 1 N–H and O–H groups in total. The summed E-state index contributed by atoms with van der Waals surface area (Å²) in [7, 11) is 0.557. The summed E-state index contributed by atoms with van der Waals surface area (Å²) in [6, 6.07) is -0.725. The highest BCUT2D eigenvalue weighted by Gasteiger charge is 2.69. The minimum Gasteiger partial charge on any atom is -0.507 e. The van der Waals surface area contributed by atoms with E-state index in [9.17, 15) is 14.7 Å². The highest BCUT2D eigenvalue weighted by molar-refractivity contribution is 6.74. The Morgan fingerprint density at radius 2 is 1.46 bits per heavy atom. The number of fused-ring (bicyclic) bond motifs is 4. The summed E-state index contributed by atoms with van der Waals surface area (Å²) in [5.41, 5.74) is -4.98. The predicted molar refractivity (Wildman–Crippen MR) is 228 cm³/mol. The van der Waals surface area contributed by atoms with Gasteiger partial charge in [0.15, 0.2) is 31.2 Å². The van der Waals surface area contributed by atoms with Crippen molar-refractivity contribution in [3.63, 3.8) is 0 Å². The van der Waals surface area contributed by atoms with Crippen LogP contribution < -0.4 is 14.4 Å². The lowest BCUT2D eigenvalue weighted by molar-refractivity contribution is -0.140. The molecule has 5 rings (SSSR count). The minimum absolute atomic E-state index is 0.000285. The van der Waals surface area contributed by atoms with Crippen molar-refractivity contribution in [1.82, 2.24) is 15.0 Å². The van der Waals surface area contributed by atoms with Crippen LogP contribution in [0.4, 0.5) is 19.8 Å². The van der Waals surface area contributed by atoms with E-state index >= 15 is 14.0 Å². The SMILES string of the molecule is CCCCOc1noc2c1C(=O)[C@@]1(O[Si](C)(C)C(C)(C)C)C(=O)C3=C(O)c4c(c(F)nc(N(C(=O)OC(C)(C)C)C(=O)OC(C)(C)C)c4OCCCC)C[C@H]3C[C@H]1[C@@H]2N(C)C. The first-order valence-corrected chi connectivity index (χ1v) is 24.2. The molecule has 4 atom stereocenters. The Kier molecular flexibility index (Phi) is 13.4. The van der Waals surface area contributed by atoms with E-state index in [1.165, 1.54) is 0 Å². The molecule has 338 valence electrons. The highest BCUT2D eigenvalue weighted by Crippen LogP contribution is 2.59. The molecule has 0 unspecified atom stereocenters. The van der Waals surface area contributed by atoms with Crippen molar-refractivity contribution in [1.29, 1.82) is 0 Å². The Balaban J connectivity index is 1.84. The number of aromatic nitrogens is 2. The number of rotatable bonds is 12. The first kappa shape index (κ1) is 47.7. The molecule has 0 saturated heterocycles. The van der Waals surface area contributed by atoms with Crippen LogP contribution >= 0.6 is 0 Å². The molecule has 0 spiro atoms. The van der Waals surface area contributed by atoms with E-state index in [0.29, 0.717) is 24.2 Å². The third kappa shape index (κ3) is 8.97. The normalized spacial score (nSPS) is 21.7. The fourth-order valence-corrected chi connectivity index (χ4v) is 9.35. The summed E-state index contributed by atoms with van der Waals surface area (Å²) in [6.07, 6.45) is 0.0945. The highest BCUT2D eigenvalue weighted by atomic mass is 28.4. The van der Waals surface area contributed by atoms with Crippen LogP contribution in [0.3, 0.4) is 0 Å². The van der Waals surface area contributed by atoms with Gasteiger partial charge in [0.2, 0.25) is 17.5 Å². The number of aliphatic hydroxyl groups excluding tert-OH is 1. The zero-order valence-electron chi connectivity index (χ0n) is 38.6. The average Bonchev–Trinajstić information content (AvgIpc) is 3.52. The van der Waals surface area contributed by atoms with Gasteiger partial charge in [-0.2, -0.15) is 14.3 Å². The molecular weight excluding hydrogens is 808 g/mol. The van der Waals surface area contributed by atoms with Crippen LogP contribution in [0.1, 0.15) is 142 Å². The van der Waals surface area contributed by atoms with Crippen molar-refractivity contribution in [2.45, 2.75) is 156 Å². The van der Waals surface area contributed by atoms with Gasteiger partial charge in [-0.25, -0.2) is 9.59 Å². The number of ketones is 2. The number of anilines is 1. The Labute approximate surface area is 359 Å². The number of imide groups is 1. The lowest BCUT2D eigenvalue weighted by Crippen LogP contribution is -2.68. The Morgan fingerprint density at radius 1 is 0.902 bits per heavy atom. The van der Waals surface area contributed by atoms with Crippen LogP contribution in [0.25, 0.3) is 5.76 Å². The zero-order chi connectivity index (χ0) is 45.8. The summed E-state index contributed by atoms with van der Waals surface area (Å²) in [4.78, 5) is 65.6. The van der Waals surface area contributed by atoms with Crippen LogP contribution in [0.5, 0.6) is 11.6 Å². The quantitative estimate of drug-likeness (QED) is 0.0922. The molecule has 0 radical (unpaired) electrons. The van der Waals surface area contributed by atoms with Crippen molar-refractivity contribution in [2.75, 3.05) is 32.2 Å². The van der Waals surface area contributed by atoms with Gasteiger partial charge in [0.1, 0.15) is 22.5 Å². The number of ether oxygens (including phenoxy) is 4. The second-order valence-electron chi connectivity index (χ2n) is 20.0. The van der Waals surface area contributed by atoms with Gasteiger partial charge in [0, 0.05) is 17.1 Å². The van der Waals surface area contributed by atoms with Crippen molar-refractivity contribution < 1.29 is 56.6 Å². The molecule has 1 saturated carbocycles. The van der Waals surface area contributed by atoms with Gasteiger partial charge < -0.3 is 33.0 Å². The van der Waals surface area contributed by atoms with Crippen LogP contribution in [0.15, 0.2) is 10.1 Å². The second-order valence-corrected chi connectivity index (χ2v) is 24.7. The number of nitrogens with zero attached hydrogens (tertiary/aromatic N) is 4. The maximum atomic E-state index is 16.8. The van der Waals surface area contributed by atoms with E-state index in [2.05, 4.69) is 10.1 Å². The van der Waals surface area contributed by atoms with E-state index in [0.717, 1.165) is 6.42 Å². The smallest absolute Gasteiger partial charge is 0.425 e. The van der Waals surface area contributed by atoms with Crippen LogP contribution in [-0.4, -0.2) is 96.3 Å². The Hall–Kier alpha value is -4.35. The number of carbonyl (C=O) groups is 4. The van der Waals surface area contributed by atoms with Crippen molar-refractivity contribution in [2.24, 2.45) is 11.8 Å². The van der Waals surface area contributed by atoms with Crippen molar-refractivity contribution in [3.8, 4) is 11.6 Å². The summed E-state index contributed by atoms with van der Waals surface area (Å²) in [6.45, 7) is 23.6. The Bertz CT molecular complexity index is 2050. The molecule has 0 aromatic carbocycles. The maximum absolute atomic E-state index is 16.8. The van der Waals surface area contributed by atoms with E-state index in [1.54, 1.807) is 55.6 Å². The maximum Gasteiger partial charge on any atom is 0.425 e. The van der Waals surface area contributed by atoms with Gasteiger partial charge in [-0.15, -0.1) is 0 Å². The summed E-state index contributed by atoms with van der Waals surface area (Å²) >= 11 is 0. The molecule has 3 aliphatic carbocycles. The standard InChI is InChI=1S/C44H65FN4O11Si/c1-16-18-20-55-33-28-25(36(45)46-37(33)49(39(53)57-41(3,4)5)40(54)58-42(6,7)8)22-24-23-26-30(48(12)13)32-29(38(47-59-32)56-21-19-17-2)35(52)44(26,34(51)27(24)31(28)50)60-61(14,15)43(9,10)11/h24,26,30,50H,16-23H2,1-15H3/t24-,26-,30-,44-/m0/s1. The van der Waals surface area contributed by atoms with Crippen molar-refractivity contribution in [3.05, 3.63) is 34.0 Å². The van der Waals surface area contributed by atoms with Crippen LogP contribution in [0, 0.1) is 17.8 Å². The lowest BCUT2D eigenvalue weighted by atomic mass is 9.57. The fraction of sp³-hybridized carbons (Fsp3) is 0.682. The average molecular weight is 873 g/mol. The Morgan fingerprint density at radius 3 is 1.97 bits per heavy atom. The first-order chi connectivity index (χ1) is 28.1. The van der Waals surface area contributed by atoms with Gasteiger partial charge in [0.05, 0.1) is 24.8 Å². The molecule has 2 aromatic heterocycles. The molecule has 0 aliphatic heterocycles. The third-order valence-electron chi connectivity index (χ3n) is 11.7. The minimum atomic E-state index is -3.05. The predicted octanol–water partition coefficient (Wildman–Crippen LogP) is 9.53. The largest absolute Gasteiger partial charge is 0.507 e. The van der Waals surface area contributed by atoms with Gasteiger partial charge in [-0.3, -0.25) is 14.5 Å². The van der Waals surface area contributed by atoms with E-state index in [1.807, 2.05) is 52.6 Å². The third-order valence-corrected chi connectivity index (χ3v) is 16.1. The van der Waals surface area contributed by atoms with Crippen molar-refractivity contribution >= 4 is 43.6 Å². The molecule has 17 heteroatoms. The molecule has 3 aliphatic rings. The first-order valence-electron chi connectivity index (χ1n) is 21.3. The number of Topliss-reactive ketones (excluding diaryl/α,β-unsaturated/α-hetero) is 2. The number of pyridine rings is 1. The van der Waals surface area contributed by atoms with E-state index < -0.39 is 89.3 Å². The fourth-order valence-electron chi connectivity index (χ4n) is 7.90. The van der Waals surface area contributed by atoms with Crippen LogP contribution in [0.2, 0.25) is 18.1 Å². The van der Waals surface area contributed by atoms with Gasteiger partial charge in [-0.05, 0) is 111 Å². The molecular formula is C44H65FN4O11Si. The number of aliphatic hydroxyl groups is 1. The number of unbranched alkanes of at least 4 members (excludes halogenated alkanes) is 2. The number of amides is 2.